The molecule has 0 aromatic heterocycles. The molecule has 0 bridgehead atoms. The largest absolute Gasteiger partial charge is 0.493 e. The second-order valence-electron chi connectivity index (χ2n) is 7.17. The van der Waals surface area contributed by atoms with Gasteiger partial charge in [0.05, 0.1) is 43.3 Å². The van der Waals surface area contributed by atoms with Gasteiger partial charge in [0.2, 0.25) is 15.9 Å². The highest BCUT2D eigenvalue weighted by molar-refractivity contribution is 7.89. The van der Waals surface area contributed by atoms with Gasteiger partial charge in [0, 0.05) is 32.1 Å². The molecule has 1 N–H and O–H groups in total. The van der Waals surface area contributed by atoms with Gasteiger partial charge in [0.1, 0.15) is 0 Å². The molecule has 1 amide bonds. The Morgan fingerprint density at radius 3 is 2.63 bits per heavy atom. The fourth-order valence-corrected chi connectivity index (χ4v) is 4.66. The third-order valence-corrected chi connectivity index (χ3v) is 6.37. The fraction of sp³-hybridized carbons (Fsp3) is 0.600. The van der Waals surface area contributed by atoms with Gasteiger partial charge in [-0.2, -0.15) is 9.57 Å². The minimum Gasteiger partial charge on any atom is -0.493 e. The fourth-order valence-electron chi connectivity index (χ4n) is 3.17. The van der Waals surface area contributed by atoms with Gasteiger partial charge in [-0.05, 0) is 32.4 Å². The lowest BCUT2D eigenvalue weighted by molar-refractivity contribution is -0.121. The summed E-state index contributed by atoms with van der Waals surface area (Å²) in [5, 5.41) is 11.5. The zero-order valence-corrected chi connectivity index (χ0v) is 18.4. The summed E-state index contributed by atoms with van der Waals surface area (Å²) in [7, 11) is -1.95. The Labute approximate surface area is 177 Å². The first kappa shape index (κ1) is 23.9. The van der Waals surface area contributed by atoms with Crippen LogP contribution in [0, 0.1) is 11.3 Å². The predicted octanol–water partition coefficient (Wildman–Crippen LogP) is 1.28. The number of hydrogen-bond donors (Lipinski definition) is 1. The van der Waals surface area contributed by atoms with Crippen LogP contribution in [0.3, 0.4) is 0 Å². The van der Waals surface area contributed by atoms with Crippen molar-refractivity contribution in [1.82, 2.24) is 9.62 Å². The van der Waals surface area contributed by atoms with E-state index in [9.17, 15) is 13.2 Å². The van der Waals surface area contributed by atoms with E-state index < -0.39 is 10.0 Å². The number of carbonyl (C=O) groups is 1. The van der Waals surface area contributed by atoms with Crippen molar-refractivity contribution in [2.45, 2.75) is 38.9 Å². The van der Waals surface area contributed by atoms with Crippen molar-refractivity contribution in [2.24, 2.45) is 0 Å². The third kappa shape index (κ3) is 7.16. The number of nitrogens with zero attached hydrogens (tertiary/aromatic N) is 2. The van der Waals surface area contributed by atoms with Crippen LogP contribution in [0.15, 0.2) is 18.2 Å². The van der Waals surface area contributed by atoms with Crippen LogP contribution in [-0.2, 0) is 19.6 Å². The molecule has 0 radical (unpaired) electrons. The molecule has 166 valence electrons. The highest BCUT2D eigenvalue weighted by Gasteiger charge is 2.30. The predicted molar refractivity (Wildman–Crippen MR) is 111 cm³/mol. The molecule has 2 atom stereocenters. The van der Waals surface area contributed by atoms with Crippen LogP contribution in [0.2, 0.25) is 0 Å². The molecule has 1 fully saturated rings. The molecule has 0 aliphatic carbocycles. The van der Waals surface area contributed by atoms with Gasteiger partial charge in [-0.15, -0.1) is 0 Å². The summed E-state index contributed by atoms with van der Waals surface area (Å²) in [6.07, 6.45) is 0.380. The quantitative estimate of drug-likeness (QED) is 0.546. The molecule has 1 aromatic rings. The van der Waals surface area contributed by atoms with Gasteiger partial charge in [0.25, 0.3) is 0 Å². The summed E-state index contributed by atoms with van der Waals surface area (Å²) >= 11 is 0. The lowest BCUT2D eigenvalue weighted by Gasteiger charge is -2.34. The van der Waals surface area contributed by atoms with Crippen LogP contribution in [0.25, 0.3) is 0 Å². The molecule has 1 aliphatic rings. The lowest BCUT2D eigenvalue weighted by atomic mass is 10.2. The highest BCUT2D eigenvalue weighted by Crippen LogP contribution is 2.27. The molecule has 10 heteroatoms. The van der Waals surface area contributed by atoms with E-state index in [1.165, 1.54) is 11.4 Å². The Balaban J connectivity index is 1.69. The smallest absolute Gasteiger partial charge is 0.220 e. The van der Waals surface area contributed by atoms with Gasteiger partial charge in [-0.25, -0.2) is 8.42 Å². The average Bonchev–Trinajstić information content (AvgIpc) is 2.70. The Hall–Kier alpha value is -2.35. The van der Waals surface area contributed by atoms with E-state index in [2.05, 4.69) is 5.32 Å². The minimum atomic E-state index is -3.44. The molecular formula is C20H29N3O6S. The Morgan fingerprint density at radius 1 is 1.30 bits per heavy atom. The highest BCUT2D eigenvalue weighted by atomic mass is 32.2. The normalized spacial score (nSPS) is 19.7. The summed E-state index contributed by atoms with van der Waals surface area (Å²) in [4.78, 5) is 12.0. The van der Waals surface area contributed by atoms with Gasteiger partial charge >= 0.3 is 0 Å². The van der Waals surface area contributed by atoms with Gasteiger partial charge in [-0.1, -0.05) is 0 Å². The van der Waals surface area contributed by atoms with E-state index in [4.69, 9.17) is 19.5 Å². The number of morpholine rings is 1. The third-order valence-electron chi connectivity index (χ3n) is 4.56. The second-order valence-corrected chi connectivity index (χ2v) is 9.26. The molecule has 30 heavy (non-hydrogen) atoms. The van der Waals surface area contributed by atoms with Crippen molar-refractivity contribution in [3.05, 3.63) is 23.8 Å². The Bertz CT molecular complexity index is 858. The van der Waals surface area contributed by atoms with Crippen LogP contribution < -0.4 is 14.8 Å². The van der Waals surface area contributed by atoms with Crippen molar-refractivity contribution in [3.63, 3.8) is 0 Å². The van der Waals surface area contributed by atoms with Gasteiger partial charge < -0.3 is 19.5 Å². The van der Waals surface area contributed by atoms with Crippen LogP contribution in [-0.4, -0.2) is 69.9 Å². The number of sulfonamides is 1. The average molecular weight is 440 g/mol. The lowest BCUT2D eigenvalue weighted by Crippen LogP contribution is -2.49. The van der Waals surface area contributed by atoms with Crippen LogP contribution >= 0.6 is 0 Å². The monoisotopic (exact) mass is 439 g/mol. The number of carbonyl (C=O) groups excluding carboxylic acids is 1. The molecule has 1 aliphatic heterocycles. The maximum Gasteiger partial charge on any atom is 0.220 e. The Kier molecular flexibility index (Phi) is 8.89. The number of methoxy groups -OCH3 is 1. The number of ether oxygens (including phenoxy) is 3. The molecule has 0 saturated carbocycles. The molecule has 1 heterocycles. The van der Waals surface area contributed by atoms with E-state index in [0.29, 0.717) is 36.6 Å². The molecule has 1 saturated heterocycles. The molecule has 1 aromatic carbocycles. The molecule has 9 nitrogen and oxygen atoms in total. The van der Waals surface area contributed by atoms with Gasteiger partial charge in [-0.3, -0.25) is 4.79 Å². The first-order chi connectivity index (χ1) is 14.2. The SMILES string of the molecule is COc1cc(C#N)ccc1OCCCC(=O)NCCS(=O)(=O)N1CC(C)OC(C)C1. The maximum atomic E-state index is 12.4. The van der Waals surface area contributed by atoms with Crippen LogP contribution in [0.5, 0.6) is 11.5 Å². The summed E-state index contributed by atoms with van der Waals surface area (Å²) < 4.78 is 42.7. The summed E-state index contributed by atoms with van der Waals surface area (Å²) in [5.41, 5.74) is 0.467. The van der Waals surface area contributed by atoms with Crippen LogP contribution in [0.4, 0.5) is 0 Å². The zero-order valence-electron chi connectivity index (χ0n) is 17.6. The second kappa shape index (κ2) is 11.2. The number of nitrogens with one attached hydrogen (secondary N) is 1. The zero-order chi connectivity index (χ0) is 22.1. The molecular weight excluding hydrogens is 410 g/mol. The first-order valence-corrected chi connectivity index (χ1v) is 11.5. The molecule has 2 unspecified atom stereocenters. The van der Waals surface area contributed by atoms with Crippen molar-refractivity contribution in [3.8, 4) is 17.6 Å². The standard InChI is InChI=1S/C20H29N3O6S/c1-15-13-23(14-16(2)29-15)30(25,26)10-8-22-20(24)5-4-9-28-18-7-6-17(12-21)11-19(18)27-3/h6-7,11,15-16H,4-5,8-10,13-14H2,1-3H3,(H,22,24). The summed E-state index contributed by atoms with van der Waals surface area (Å²) in [6, 6.07) is 6.88. The number of amides is 1. The number of rotatable bonds is 10. The first-order valence-electron chi connectivity index (χ1n) is 9.86. The summed E-state index contributed by atoms with van der Waals surface area (Å²) in [6.45, 7) is 4.70. The van der Waals surface area contributed by atoms with Crippen molar-refractivity contribution >= 4 is 15.9 Å². The Morgan fingerprint density at radius 2 is 2.00 bits per heavy atom. The summed E-state index contributed by atoms with van der Waals surface area (Å²) in [5.74, 6) is 0.577. The molecule has 0 spiro atoms. The van der Waals surface area contributed by atoms with Gasteiger partial charge in [0.15, 0.2) is 11.5 Å². The van der Waals surface area contributed by atoms with E-state index in [1.54, 1.807) is 18.2 Å². The molecule has 2 rings (SSSR count). The van der Waals surface area contributed by atoms with Crippen molar-refractivity contribution in [2.75, 3.05) is 39.1 Å². The van der Waals surface area contributed by atoms with Crippen molar-refractivity contribution < 1.29 is 27.4 Å². The van der Waals surface area contributed by atoms with Crippen molar-refractivity contribution in [1.29, 1.82) is 5.26 Å². The van der Waals surface area contributed by atoms with E-state index >= 15 is 0 Å². The number of nitriles is 1. The number of hydrogen-bond acceptors (Lipinski definition) is 7. The topological polar surface area (TPSA) is 118 Å². The van der Waals surface area contributed by atoms with Crippen LogP contribution in [0.1, 0.15) is 32.3 Å². The van der Waals surface area contributed by atoms with E-state index in [1.807, 2.05) is 19.9 Å². The minimum absolute atomic E-state index is 0.0611. The maximum absolute atomic E-state index is 12.4. The van der Waals surface area contributed by atoms with E-state index in [-0.39, 0.29) is 43.4 Å². The number of benzene rings is 1. The van der Waals surface area contributed by atoms with E-state index in [0.717, 1.165) is 0 Å².